The van der Waals surface area contributed by atoms with Crippen LogP contribution in [0.15, 0.2) is 6.07 Å². The second kappa shape index (κ2) is 5.82. The Bertz CT molecular complexity index is 683. The topological polar surface area (TPSA) is 29.5 Å². The average Bonchev–Trinajstić information content (AvgIpc) is 2.89. The quantitative estimate of drug-likeness (QED) is 0.672. The highest BCUT2D eigenvalue weighted by molar-refractivity contribution is 7.12. The first-order valence-electron chi connectivity index (χ1n) is 7.99. The fourth-order valence-corrected chi connectivity index (χ4v) is 4.50. The van der Waals surface area contributed by atoms with Crippen LogP contribution in [0.5, 0.6) is 5.75 Å². The minimum Gasteiger partial charge on any atom is -0.487 e. The zero-order valence-electron chi connectivity index (χ0n) is 13.8. The van der Waals surface area contributed by atoms with Gasteiger partial charge in [-0.1, -0.05) is 0 Å². The Balaban J connectivity index is 2.03. The van der Waals surface area contributed by atoms with Crippen molar-refractivity contribution in [3.63, 3.8) is 0 Å². The molecule has 3 nitrogen and oxygen atoms in total. The summed E-state index contributed by atoms with van der Waals surface area (Å²) >= 11 is 0.385. The molecule has 1 aromatic rings. The number of hydrogen-bond donors (Lipinski definition) is 0. The van der Waals surface area contributed by atoms with Gasteiger partial charge in [-0.25, -0.2) is 0 Å². The lowest BCUT2D eigenvalue weighted by molar-refractivity contribution is -0.287. The first-order valence-corrected chi connectivity index (χ1v) is 8.81. The van der Waals surface area contributed by atoms with Crippen LogP contribution in [-0.4, -0.2) is 29.1 Å². The normalized spacial score (nSPS) is 24.0. The molecule has 1 saturated heterocycles. The second-order valence-electron chi connectivity index (χ2n) is 7.04. The highest BCUT2D eigenvalue weighted by atomic mass is 32.1. The summed E-state index contributed by atoms with van der Waals surface area (Å²) in [5.74, 6) is -5.03. The Morgan fingerprint density at radius 1 is 1.24 bits per heavy atom. The van der Waals surface area contributed by atoms with Crippen molar-refractivity contribution < 1.29 is 31.5 Å². The van der Waals surface area contributed by atoms with Crippen molar-refractivity contribution in [2.45, 2.75) is 63.3 Å². The molecule has 0 aromatic carbocycles. The van der Waals surface area contributed by atoms with Gasteiger partial charge in [0.05, 0.1) is 15.8 Å². The summed E-state index contributed by atoms with van der Waals surface area (Å²) in [6.45, 7) is 3.94. The summed E-state index contributed by atoms with van der Waals surface area (Å²) in [6, 6.07) is 0.241. The average molecular weight is 383 g/mol. The molecule has 3 rings (SSSR count). The summed E-state index contributed by atoms with van der Waals surface area (Å²) in [5.41, 5.74) is -0.763. The van der Waals surface area contributed by atoms with E-state index in [2.05, 4.69) is 0 Å². The largest absolute Gasteiger partial charge is 0.487 e. The number of nitrogens with zero attached hydrogens (tertiary/aromatic N) is 1. The van der Waals surface area contributed by atoms with Crippen molar-refractivity contribution in [3.8, 4) is 5.75 Å². The van der Waals surface area contributed by atoms with Gasteiger partial charge in [-0.15, -0.1) is 11.3 Å². The lowest BCUT2D eigenvalue weighted by atomic mass is 9.92. The lowest BCUT2D eigenvalue weighted by Gasteiger charge is -2.42. The third-order valence-corrected chi connectivity index (χ3v) is 5.79. The number of hydrogen-bond acceptors (Lipinski definition) is 3. The van der Waals surface area contributed by atoms with Crippen LogP contribution < -0.4 is 4.74 Å². The van der Waals surface area contributed by atoms with Crippen LogP contribution in [0.25, 0.3) is 0 Å². The second-order valence-corrected chi connectivity index (χ2v) is 8.12. The van der Waals surface area contributed by atoms with Crippen LogP contribution in [0, 0.1) is 0 Å². The third kappa shape index (κ3) is 3.22. The highest BCUT2D eigenvalue weighted by Crippen LogP contribution is 2.53. The molecule has 0 bridgehead atoms. The van der Waals surface area contributed by atoms with Crippen LogP contribution in [0.1, 0.15) is 55.3 Å². The number of fused-ring (bicyclic) bond motifs is 1. The van der Waals surface area contributed by atoms with Gasteiger partial charge in [0.25, 0.3) is 0 Å². The minimum absolute atomic E-state index is 0.0172. The first-order chi connectivity index (χ1) is 11.4. The molecule has 0 aliphatic carbocycles. The number of carbonyl (C=O) groups is 1. The van der Waals surface area contributed by atoms with Gasteiger partial charge in [-0.05, 0) is 26.7 Å². The van der Waals surface area contributed by atoms with E-state index in [-0.39, 0.29) is 16.5 Å². The molecule has 140 valence electrons. The maximum absolute atomic E-state index is 13.7. The van der Waals surface area contributed by atoms with E-state index in [4.69, 9.17) is 4.74 Å². The zero-order chi connectivity index (χ0) is 18.6. The number of alkyl halides is 5. The number of amides is 1. The van der Waals surface area contributed by atoms with Gasteiger partial charge in [-0.2, -0.15) is 22.0 Å². The summed E-state index contributed by atoms with van der Waals surface area (Å²) in [6.07, 6.45) is -3.41. The van der Waals surface area contributed by atoms with Crippen LogP contribution in [-0.2, 0) is 10.7 Å². The predicted molar refractivity (Wildman–Crippen MR) is 81.9 cm³/mol. The molecular formula is C16H18F5NO2S. The van der Waals surface area contributed by atoms with Gasteiger partial charge in [0.1, 0.15) is 11.4 Å². The molecule has 1 atom stereocenters. The van der Waals surface area contributed by atoms with Gasteiger partial charge in [0, 0.05) is 25.5 Å². The molecule has 9 heteroatoms. The molecule has 1 amide bonds. The van der Waals surface area contributed by atoms with Crippen LogP contribution in [0.4, 0.5) is 22.0 Å². The van der Waals surface area contributed by atoms with Crippen molar-refractivity contribution >= 4 is 17.2 Å². The van der Waals surface area contributed by atoms with Gasteiger partial charge in [0.15, 0.2) is 0 Å². The Kier molecular flexibility index (Phi) is 4.29. The van der Waals surface area contributed by atoms with E-state index in [1.165, 1.54) is 0 Å². The molecule has 1 unspecified atom stereocenters. The molecule has 2 aliphatic rings. The molecule has 0 radical (unpaired) electrons. The molecule has 25 heavy (non-hydrogen) atoms. The molecule has 1 aromatic heterocycles. The highest BCUT2D eigenvalue weighted by Gasteiger charge is 2.60. The fraction of sp³-hybridized carbons (Fsp3) is 0.688. The predicted octanol–water partition coefficient (Wildman–Crippen LogP) is 5.02. The Morgan fingerprint density at radius 2 is 1.92 bits per heavy atom. The molecule has 0 saturated carbocycles. The number of piperidine rings is 1. The maximum Gasteiger partial charge on any atom is 0.458 e. The number of likely N-dealkylation sites (tertiary alicyclic amines) is 1. The maximum atomic E-state index is 13.7. The van der Waals surface area contributed by atoms with Crippen molar-refractivity contribution in [1.82, 2.24) is 4.90 Å². The van der Waals surface area contributed by atoms with Gasteiger partial charge in [-0.3, -0.25) is 4.79 Å². The first kappa shape index (κ1) is 18.4. The molecule has 2 aliphatic heterocycles. The van der Waals surface area contributed by atoms with Gasteiger partial charge >= 0.3 is 12.1 Å². The summed E-state index contributed by atoms with van der Waals surface area (Å²) in [4.78, 5) is 13.0. The summed E-state index contributed by atoms with van der Waals surface area (Å²) in [7, 11) is 0. The van der Waals surface area contributed by atoms with Gasteiger partial charge < -0.3 is 9.64 Å². The van der Waals surface area contributed by atoms with Crippen molar-refractivity contribution in [2.24, 2.45) is 0 Å². The fourth-order valence-electron chi connectivity index (χ4n) is 3.30. The molecule has 0 spiro atoms. The van der Waals surface area contributed by atoms with Crippen LogP contribution in [0.2, 0.25) is 0 Å². The minimum atomic E-state index is -5.67. The van der Waals surface area contributed by atoms with Gasteiger partial charge in [0.2, 0.25) is 5.91 Å². The lowest BCUT2D eigenvalue weighted by Crippen LogP contribution is -2.44. The monoisotopic (exact) mass is 383 g/mol. The van der Waals surface area contributed by atoms with E-state index in [1.807, 2.05) is 0 Å². The van der Waals surface area contributed by atoms with E-state index < -0.39 is 28.6 Å². The Morgan fingerprint density at radius 3 is 2.52 bits per heavy atom. The molecule has 3 heterocycles. The number of rotatable bonds is 2. The van der Waals surface area contributed by atoms with E-state index in [1.54, 1.807) is 18.7 Å². The Hall–Kier alpha value is -1.38. The number of thiophene rings is 1. The molecule has 1 fully saturated rings. The van der Waals surface area contributed by atoms with Crippen molar-refractivity contribution in [1.29, 1.82) is 0 Å². The van der Waals surface area contributed by atoms with E-state index in [0.717, 1.165) is 18.9 Å². The van der Waals surface area contributed by atoms with E-state index in [0.29, 0.717) is 30.7 Å². The third-order valence-electron chi connectivity index (χ3n) is 4.50. The zero-order valence-corrected chi connectivity index (χ0v) is 14.6. The SMILES string of the molecule is CC1(C)CC(N2CCCCC2=O)c2sc(C(F)(F)C(F)(F)F)cc2O1. The van der Waals surface area contributed by atoms with Crippen LogP contribution >= 0.6 is 11.3 Å². The molecule has 0 N–H and O–H groups in total. The Labute approximate surface area is 145 Å². The number of halogens is 5. The van der Waals surface area contributed by atoms with E-state index in [9.17, 15) is 26.7 Å². The van der Waals surface area contributed by atoms with Crippen molar-refractivity contribution in [2.75, 3.05) is 6.54 Å². The number of ether oxygens (including phenoxy) is 1. The molecular weight excluding hydrogens is 365 g/mol. The van der Waals surface area contributed by atoms with Crippen molar-refractivity contribution in [3.05, 3.63) is 15.8 Å². The number of carbonyl (C=O) groups excluding carboxylic acids is 1. The summed E-state index contributed by atoms with van der Waals surface area (Å²) < 4.78 is 71.2. The van der Waals surface area contributed by atoms with E-state index >= 15 is 0 Å². The smallest absolute Gasteiger partial charge is 0.458 e. The summed E-state index contributed by atoms with van der Waals surface area (Å²) in [5, 5.41) is 0. The van der Waals surface area contributed by atoms with Crippen LogP contribution in [0.3, 0.4) is 0 Å². The standard InChI is InChI=1S/C16H18F5NO2S/c1-14(2)8-9(22-6-4-3-5-12(22)23)13-10(24-14)7-11(25-13)15(17,18)16(19,20)21/h7,9H,3-6,8H2,1-2H3.